The molecule has 0 saturated carbocycles. The number of nitriles is 1. The fourth-order valence-electron chi connectivity index (χ4n) is 1.69. The molecule has 2 amide bonds. The van der Waals surface area contributed by atoms with Crippen LogP contribution in [0.5, 0.6) is 0 Å². The van der Waals surface area contributed by atoms with Crippen LogP contribution in [0.15, 0.2) is 24.3 Å². The van der Waals surface area contributed by atoms with Crippen molar-refractivity contribution >= 4 is 17.7 Å². The van der Waals surface area contributed by atoms with Gasteiger partial charge in [-0.2, -0.15) is 5.26 Å². The second-order valence-corrected chi connectivity index (χ2v) is 4.84. The van der Waals surface area contributed by atoms with E-state index in [-0.39, 0.29) is 24.9 Å². The van der Waals surface area contributed by atoms with E-state index in [4.69, 9.17) is 10.4 Å². The number of nitrogens with one attached hydrogen (secondary N) is 1. The standard InChI is InChI=1S/C15H19N3O3/c1-11(9-10-16)18(2)15(21)17-13-6-3-12(4-7-13)5-8-14(19)20/h3-4,6-7,11H,5,8-9H2,1-2H3,(H,17,21)(H,19,20). The van der Waals surface area contributed by atoms with Gasteiger partial charge < -0.3 is 15.3 Å². The predicted molar refractivity (Wildman–Crippen MR) is 78.9 cm³/mol. The highest BCUT2D eigenvalue weighted by Crippen LogP contribution is 2.12. The van der Waals surface area contributed by atoms with E-state index in [1.165, 1.54) is 4.90 Å². The molecule has 112 valence electrons. The van der Waals surface area contributed by atoms with Gasteiger partial charge in [-0.05, 0) is 31.0 Å². The molecule has 1 atom stereocenters. The number of carbonyl (C=O) groups is 2. The molecular weight excluding hydrogens is 270 g/mol. The van der Waals surface area contributed by atoms with Gasteiger partial charge >= 0.3 is 12.0 Å². The number of rotatable bonds is 6. The Morgan fingerprint density at radius 1 is 1.38 bits per heavy atom. The lowest BCUT2D eigenvalue weighted by atomic mass is 10.1. The van der Waals surface area contributed by atoms with Crippen LogP contribution in [-0.2, 0) is 11.2 Å². The fraction of sp³-hybridized carbons (Fsp3) is 0.400. The number of benzene rings is 1. The SMILES string of the molecule is CC(CC#N)N(C)C(=O)Nc1ccc(CCC(=O)O)cc1. The lowest BCUT2D eigenvalue weighted by molar-refractivity contribution is -0.136. The van der Waals surface area contributed by atoms with E-state index in [2.05, 4.69) is 5.32 Å². The van der Waals surface area contributed by atoms with Gasteiger partial charge in [0.05, 0.1) is 12.5 Å². The van der Waals surface area contributed by atoms with Crippen molar-refractivity contribution in [3.05, 3.63) is 29.8 Å². The monoisotopic (exact) mass is 289 g/mol. The van der Waals surface area contributed by atoms with Crippen LogP contribution in [0.3, 0.4) is 0 Å². The molecule has 6 heteroatoms. The first kappa shape index (κ1) is 16.5. The minimum atomic E-state index is -0.833. The quantitative estimate of drug-likeness (QED) is 0.841. The molecule has 0 fully saturated rings. The van der Waals surface area contributed by atoms with E-state index >= 15 is 0 Å². The highest BCUT2D eigenvalue weighted by molar-refractivity contribution is 5.89. The summed E-state index contributed by atoms with van der Waals surface area (Å²) in [5.41, 5.74) is 1.54. The lowest BCUT2D eigenvalue weighted by Gasteiger charge is -2.23. The molecule has 0 heterocycles. The van der Waals surface area contributed by atoms with Crippen molar-refractivity contribution in [3.63, 3.8) is 0 Å². The average molecular weight is 289 g/mol. The van der Waals surface area contributed by atoms with E-state index < -0.39 is 5.97 Å². The van der Waals surface area contributed by atoms with Crippen LogP contribution in [0.1, 0.15) is 25.3 Å². The van der Waals surface area contributed by atoms with Gasteiger partial charge in [0.2, 0.25) is 0 Å². The Labute approximate surface area is 124 Å². The van der Waals surface area contributed by atoms with Crippen LogP contribution in [0.4, 0.5) is 10.5 Å². The molecule has 0 radical (unpaired) electrons. The zero-order valence-corrected chi connectivity index (χ0v) is 12.2. The number of aliphatic carboxylic acids is 1. The molecule has 0 spiro atoms. The predicted octanol–water partition coefficient (Wildman–Crippen LogP) is 2.47. The number of carboxylic acids is 1. The third kappa shape index (κ3) is 5.53. The number of hydrogen-bond donors (Lipinski definition) is 2. The summed E-state index contributed by atoms with van der Waals surface area (Å²) in [6.07, 6.45) is 0.820. The number of amides is 2. The van der Waals surface area contributed by atoms with Crippen LogP contribution in [0.25, 0.3) is 0 Å². The second-order valence-electron chi connectivity index (χ2n) is 4.84. The summed E-state index contributed by atoms with van der Waals surface area (Å²) in [5, 5.41) is 20.0. The number of aryl methyl sites for hydroxylation is 1. The Kier molecular flexibility index (Phi) is 6.21. The summed E-state index contributed by atoms with van der Waals surface area (Å²) in [5.74, 6) is -0.833. The van der Waals surface area contributed by atoms with Gasteiger partial charge in [0.1, 0.15) is 0 Å². The first-order valence-electron chi connectivity index (χ1n) is 6.65. The van der Waals surface area contributed by atoms with Crippen LogP contribution < -0.4 is 5.32 Å². The van der Waals surface area contributed by atoms with Crippen LogP contribution in [0.2, 0.25) is 0 Å². The number of anilines is 1. The number of carboxylic acid groups (broad SMARTS) is 1. The summed E-state index contributed by atoms with van der Waals surface area (Å²) in [6, 6.07) is 8.63. The third-order valence-electron chi connectivity index (χ3n) is 3.20. The molecule has 0 aliphatic carbocycles. The number of hydrogen-bond acceptors (Lipinski definition) is 3. The van der Waals surface area contributed by atoms with Crippen LogP contribution in [0, 0.1) is 11.3 Å². The van der Waals surface area contributed by atoms with Crippen LogP contribution in [-0.4, -0.2) is 35.1 Å². The Bertz CT molecular complexity index is 534. The normalized spacial score (nSPS) is 11.3. The molecule has 0 bridgehead atoms. The van der Waals surface area contributed by atoms with Crippen molar-refractivity contribution in [2.24, 2.45) is 0 Å². The van der Waals surface area contributed by atoms with Gasteiger partial charge in [0.15, 0.2) is 0 Å². The smallest absolute Gasteiger partial charge is 0.321 e. The molecule has 0 aromatic heterocycles. The topological polar surface area (TPSA) is 93.4 Å². The van der Waals surface area contributed by atoms with Crippen molar-refractivity contribution in [2.45, 2.75) is 32.2 Å². The molecule has 0 aliphatic heterocycles. The van der Waals surface area contributed by atoms with Gasteiger partial charge in [-0.3, -0.25) is 4.79 Å². The van der Waals surface area contributed by atoms with E-state index in [0.717, 1.165) is 5.56 Å². The zero-order valence-electron chi connectivity index (χ0n) is 12.2. The number of carbonyl (C=O) groups excluding carboxylic acids is 1. The first-order chi connectivity index (χ1) is 9.93. The minimum absolute atomic E-state index is 0.0835. The fourth-order valence-corrected chi connectivity index (χ4v) is 1.69. The number of nitrogens with zero attached hydrogens (tertiary/aromatic N) is 2. The van der Waals surface area contributed by atoms with Gasteiger partial charge in [-0.25, -0.2) is 4.79 Å². The molecule has 1 aromatic rings. The van der Waals surface area contributed by atoms with E-state index in [1.807, 2.05) is 6.07 Å². The maximum atomic E-state index is 12.0. The first-order valence-corrected chi connectivity index (χ1v) is 6.65. The van der Waals surface area contributed by atoms with E-state index in [0.29, 0.717) is 12.1 Å². The summed E-state index contributed by atoms with van der Waals surface area (Å²) >= 11 is 0. The largest absolute Gasteiger partial charge is 0.481 e. The zero-order chi connectivity index (χ0) is 15.8. The highest BCUT2D eigenvalue weighted by Gasteiger charge is 2.15. The van der Waals surface area contributed by atoms with Crippen LogP contribution >= 0.6 is 0 Å². The molecule has 0 saturated heterocycles. The highest BCUT2D eigenvalue weighted by atomic mass is 16.4. The van der Waals surface area contributed by atoms with Gasteiger partial charge in [-0.1, -0.05) is 12.1 Å². The minimum Gasteiger partial charge on any atom is -0.481 e. The average Bonchev–Trinajstić information content (AvgIpc) is 2.45. The summed E-state index contributed by atoms with van der Waals surface area (Å²) in [7, 11) is 1.64. The molecule has 1 rings (SSSR count). The molecule has 1 unspecified atom stereocenters. The van der Waals surface area contributed by atoms with Crippen molar-refractivity contribution in [1.82, 2.24) is 4.90 Å². The Hall–Kier alpha value is -2.55. The third-order valence-corrected chi connectivity index (χ3v) is 3.20. The molecular formula is C15H19N3O3. The molecule has 0 aliphatic rings. The molecule has 6 nitrogen and oxygen atoms in total. The van der Waals surface area contributed by atoms with Gasteiger partial charge in [0.25, 0.3) is 0 Å². The van der Waals surface area contributed by atoms with Gasteiger partial charge in [0, 0.05) is 25.2 Å². The maximum Gasteiger partial charge on any atom is 0.321 e. The molecule has 21 heavy (non-hydrogen) atoms. The maximum absolute atomic E-state index is 12.0. The Morgan fingerprint density at radius 3 is 2.52 bits per heavy atom. The summed E-state index contributed by atoms with van der Waals surface area (Å²) in [6.45, 7) is 1.80. The van der Waals surface area contributed by atoms with Crippen molar-refractivity contribution in [3.8, 4) is 6.07 Å². The molecule has 1 aromatic carbocycles. The van der Waals surface area contributed by atoms with Crippen molar-refractivity contribution < 1.29 is 14.7 Å². The second kappa shape index (κ2) is 7.90. The van der Waals surface area contributed by atoms with Crippen molar-refractivity contribution in [2.75, 3.05) is 12.4 Å². The lowest BCUT2D eigenvalue weighted by Crippen LogP contribution is -2.38. The summed E-state index contributed by atoms with van der Waals surface area (Å²) in [4.78, 5) is 23.9. The number of urea groups is 1. The Balaban J connectivity index is 2.57. The summed E-state index contributed by atoms with van der Waals surface area (Å²) < 4.78 is 0. The van der Waals surface area contributed by atoms with E-state index in [1.54, 1.807) is 38.2 Å². The van der Waals surface area contributed by atoms with Crippen molar-refractivity contribution in [1.29, 1.82) is 5.26 Å². The van der Waals surface area contributed by atoms with E-state index in [9.17, 15) is 9.59 Å². The Morgan fingerprint density at radius 2 is 2.00 bits per heavy atom. The van der Waals surface area contributed by atoms with Gasteiger partial charge in [-0.15, -0.1) is 0 Å². The molecule has 2 N–H and O–H groups in total.